The minimum atomic E-state index is -0.934. The van der Waals surface area contributed by atoms with Gasteiger partial charge in [-0.3, -0.25) is 0 Å². The number of para-hydroxylation sites is 1. The number of hydrogen-bond acceptors (Lipinski definition) is 3. The highest BCUT2D eigenvalue weighted by molar-refractivity contribution is 6.03. The maximum Gasteiger partial charge on any atom is 0.339 e. The van der Waals surface area contributed by atoms with Crippen molar-refractivity contribution in [3.8, 4) is 0 Å². The molecule has 2 aromatic rings. The third kappa shape index (κ3) is 4.08. The fourth-order valence-corrected chi connectivity index (χ4v) is 2.46. The Morgan fingerprint density at radius 1 is 1.29 bits per heavy atom. The van der Waals surface area contributed by atoms with E-state index in [2.05, 4.69) is 19.2 Å². The number of furan rings is 1. The minimum absolute atomic E-state index is 0.278. The molecule has 1 heterocycles. The standard InChI is InChI=1S/C17H23NO3/c1-12(2)7-5-6-10-18-11-15-16(17(19)20)13-8-3-4-9-14(13)21-15/h3-4,8-9,12,18H,5-7,10-11H2,1-2H3,(H,19,20). The largest absolute Gasteiger partial charge is 0.478 e. The van der Waals surface area contributed by atoms with Gasteiger partial charge in [0.1, 0.15) is 16.9 Å². The summed E-state index contributed by atoms with van der Waals surface area (Å²) >= 11 is 0. The number of carboxylic acid groups (broad SMARTS) is 1. The van der Waals surface area contributed by atoms with Gasteiger partial charge in [0.25, 0.3) is 0 Å². The summed E-state index contributed by atoms with van der Waals surface area (Å²) in [6, 6.07) is 7.26. The van der Waals surface area contributed by atoms with Crippen LogP contribution in [-0.4, -0.2) is 17.6 Å². The predicted octanol–water partition coefficient (Wildman–Crippen LogP) is 4.05. The van der Waals surface area contributed by atoms with Crippen molar-refractivity contribution in [2.45, 2.75) is 39.7 Å². The van der Waals surface area contributed by atoms with E-state index in [1.807, 2.05) is 12.1 Å². The summed E-state index contributed by atoms with van der Waals surface area (Å²) in [5.41, 5.74) is 0.909. The fourth-order valence-electron chi connectivity index (χ4n) is 2.46. The Morgan fingerprint density at radius 3 is 2.76 bits per heavy atom. The SMILES string of the molecule is CC(C)CCCCNCc1oc2ccccc2c1C(=O)O. The summed E-state index contributed by atoms with van der Waals surface area (Å²) < 4.78 is 5.66. The second-order valence-corrected chi connectivity index (χ2v) is 5.77. The monoisotopic (exact) mass is 289 g/mol. The number of nitrogens with one attached hydrogen (secondary N) is 1. The van der Waals surface area contributed by atoms with Gasteiger partial charge in [0, 0.05) is 5.39 Å². The van der Waals surface area contributed by atoms with Gasteiger partial charge in [-0.05, 0) is 24.9 Å². The smallest absolute Gasteiger partial charge is 0.339 e. The Hall–Kier alpha value is -1.81. The first-order valence-corrected chi connectivity index (χ1v) is 7.54. The summed E-state index contributed by atoms with van der Waals surface area (Å²) in [7, 11) is 0. The molecule has 0 radical (unpaired) electrons. The van der Waals surface area contributed by atoms with Gasteiger partial charge in [0.2, 0.25) is 0 Å². The van der Waals surface area contributed by atoms with Gasteiger partial charge in [-0.15, -0.1) is 0 Å². The number of benzene rings is 1. The van der Waals surface area contributed by atoms with Crippen molar-refractivity contribution in [3.63, 3.8) is 0 Å². The zero-order valence-electron chi connectivity index (χ0n) is 12.7. The molecule has 0 aliphatic rings. The van der Waals surface area contributed by atoms with Crippen LogP contribution in [0, 0.1) is 5.92 Å². The molecule has 1 aromatic heterocycles. The minimum Gasteiger partial charge on any atom is -0.478 e. The molecule has 0 atom stereocenters. The molecule has 0 aliphatic carbocycles. The number of fused-ring (bicyclic) bond motifs is 1. The average Bonchev–Trinajstić information content (AvgIpc) is 2.80. The summed E-state index contributed by atoms with van der Waals surface area (Å²) in [5.74, 6) is 0.308. The van der Waals surface area contributed by atoms with Crippen molar-refractivity contribution >= 4 is 16.9 Å². The van der Waals surface area contributed by atoms with E-state index in [9.17, 15) is 9.90 Å². The van der Waals surface area contributed by atoms with Crippen LogP contribution in [0.1, 0.15) is 49.2 Å². The molecule has 21 heavy (non-hydrogen) atoms. The van der Waals surface area contributed by atoms with Crippen LogP contribution in [0.25, 0.3) is 11.0 Å². The maximum atomic E-state index is 11.4. The normalized spacial score (nSPS) is 11.4. The first-order valence-electron chi connectivity index (χ1n) is 7.54. The molecule has 114 valence electrons. The highest BCUT2D eigenvalue weighted by atomic mass is 16.4. The van der Waals surface area contributed by atoms with Gasteiger partial charge in [-0.25, -0.2) is 4.79 Å². The summed E-state index contributed by atoms with van der Waals surface area (Å²) in [4.78, 5) is 11.4. The number of hydrogen-bond donors (Lipinski definition) is 2. The van der Waals surface area contributed by atoms with Crippen LogP contribution in [0.4, 0.5) is 0 Å². The number of aromatic carboxylic acids is 1. The van der Waals surface area contributed by atoms with Crippen LogP contribution < -0.4 is 5.32 Å². The third-order valence-electron chi connectivity index (χ3n) is 3.55. The second-order valence-electron chi connectivity index (χ2n) is 5.77. The molecular formula is C17H23NO3. The van der Waals surface area contributed by atoms with Crippen molar-refractivity contribution in [2.24, 2.45) is 5.92 Å². The quantitative estimate of drug-likeness (QED) is 0.720. The molecule has 0 unspecified atom stereocenters. The number of carbonyl (C=O) groups is 1. The van der Waals surface area contributed by atoms with E-state index in [0.717, 1.165) is 18.9 Å². The zero-order chi connectivity index (χ0) is 15.2. The van der Waals surface area contributed by atoms with E-state index >= 15 is 0 Å². The van der Waals surface area contributed by atoms with E-state index < -0.39 is 5.97 Å². The van der Waals surface area contributed by atoms with Crippen LogP contribution in [-0.2, 0) is 6.54 Å². The Bertz CT molecular complexity index is 601. The van der Waals surface area contributed by atoms with Crippen LogP contribution in [0.3, 0.4) is 0 Å². The van der Waals surface area contributed by atoms with E-state index in [0.29, 0.717) is 23.3 Å². The lowest BCUT2D eigenvalue weighted by Gasteiger charge is -2.05. The first-order chi connectivity index (χ1) is 10.1. The van der Waals surface area contributed by atoms with Crippen LogP contribution in [0.15, 0.2) is 28.7 Å². The van der Waals surface area contributed by atoms with E-state index in [1.165, 1.54) is 12.8 Å². The van der Waals surface area contributed by atoms with Gasteiger partial charge in [-0.1, -0.05) is 44.9 Å². The molecule has 0 saturated heterocycles. The number of unbranched alkanes of at least 4 members (excludes halogenated alkanes) is 1. The Labute approximate surface area is 125 Å². The van der Waals surface area contributed by atoms with Crippen LogP contribution >= 0.6 is 0 Å². The molecule has 0 fully saturated rings. The Kier molecular flexibility index (Phi) is 5.39. The molecule has 4 heteroatoms. The van der Waals surface area contributed by atoms with Crippen molar-refractivity contribution in [1.82, 2.24) is 5.32 Å². The van der Waals surface area contributed by atoms with Crippen molar-refractivity contribution in [3.05, 3.63) is 35.6 Å². The molecule has 1 aromatic carbocycles. The van der Waals surface area contributed by atoms with Crippen LogP contribution in [0.2, 0.25) is 0 Å². The van der Waals surface area contributed by atoms with Gasteiger partial charge in [-0.2, -0.15) is 0 Å². The summed E-state index contributed by atoms with van der Waals surface area (Å²) in [6.45, 7) is 5.78. The van der Waals surface area contributed by atoms with Crippen molar-refractivity contribution < 1.29 is 14.3 Å². The maximum absolute atomic E-state index is 11.4. The van der Waals surface area contributed by atoms with Crippen LogP contribution in [0.5, 0.6) is 0 Å². The molecule has 0 amide bonds. The highest BCUT2D eigenvalue weighted by Crippen LogP contribution is 2.25. The van der Waals surface area contributed by atoms with Gasteiger partial charge in [0.15, 0.2) is 0 Å². The lowest BCUT2D eigenvalue weighted by atomic mass is 10.1. The molecule has 0 saturated carbocycles. The molecule has 0 bridgehead atoms. The van der Waals surface area contributed by atoms with Crippen molar-refractivity contribution in [1.29, 1.82) is 0 Å². The Morgan fingerprint density at radius 2 is 2.05 bits per heavy atom. The molecule has 4 nitrogen and oxygen atoms in total. The lowest BCUT2D eigenvalue weighted by molar-refractivity contribution is 0.0696. The topological polar surface area (TPSA) is 62.5 Å². The predicted molar refractivity (Wildman–Crippen MR) is 83.6 cm³/mol. The van der Waals surface area contributed by atoms with Gasteiger partial charge >= 0.3 is 5.97 Å². The number of rotatable bonds is 8. The zero-order valence-corrected chi connectivity index (χ0v) is 12.7. The van der Waals surface area contributed by atoms with E-state index in [4.69, 9.17) is 4.42 Å². The molecule has 2 rings (SSSR count). The highest BCUT2D eigenvalue weighted by Gasteiger charge is 2.19. The molecule has 2 N–H and O–H groups in total. The second kappa shape index (κ2) is 7.27. The fraction of sp³-hybridized carbons (Fsp3) is 0.471. The van der Waals surface area contributed by atoms with Gasteiger partial charge in [0.05, 0.1) is 6.54 Å². The van der Waals surface area contributed by atoms with Crippen molar-refractivity contribution in [2.75, 3.05) is 6.54 Å². The Balaban J connectivity index is 1.95. The van der Waals surface area contributed by atoms with E-state index in [1.54, 1.807) is 12.1 Å². The van der Waals surface area contributed by atoms with Gasteiger partial charge < -0.3 is 14.8 Å². The third-order valence-corrected chi connectivity index (χ3v) is 3.55. The number of carboxylic acids is 1. The van der Waals surface area contributed by atoms with E-state index in [-0.39, 0.29) is 5.56 Å². The summed E-state index contributed by atoms with van der Waals surface area (Å²) in [5, 5.41) is 13.3. The summed E-state index contributed by atoms with van der Waals surface area (Å²) in [6.07, 6.45) is 3.52. The first kappa shape index (κ1) is 15.6. The lowest BCUT2D eigenvalue weighted by Crippen LogP contribution is -2.16. The molecular weight excluding hydrogens is 266 g/mol. The molecule has 0 spiro atoms. The average molecular weight is 289 g/mol. The molecule has 0 aliphatic heterocycles.